The van der Waals surface area contributed by atoms with Gasteiger partial charge in [0.05, 0.1) is 28.8 Å². The van der Waals surface area contributed by atoms with E-state index in [0.717, 1.165) is 28.0 Å². The van der Waals surface area contributed by atoms with Crippen LogP contribution < -0.4 is 4.74 Å². The van der Waals surface area contributed by atoms with Gasteiger partial charge in [-0.25, -0.2) is 43.9 Å². The molecule has 0 fully saturated rings. The van der Waals surface area contributed by atoms with E-state index in [2.05, 4.69) is 7.85 Å². The van der Waals surface area contributed by atoms with E-state index in [0.29, 0.717) is 7.18 Å². The second kappa shape index (κ2) is 138. The highest BCUT2D eigenvalue weighted by Gasteiger charge is 1.85. The number of rotatable bonds is 8. The fourth-order valence-electron chi connectivity index (χ4n) is 2.82. The van der Waals surface area contributed by atoms with Gasteiger partial charge in [0.15, 0.2) is 0 Å². The third-order valence-electron chi connectivity index (χ3n) is 5.18. The highest BCUT2D eigenvalue weighted by Crippen LogP contribution is 2.05. The van der Waals surface area contributed by atoms with Gasteiger partial charge >= 0.3 is 0 Å². The van der Waals surface area contributed by atoms with E-state index in [1.165, 1.54) is 21.1 Å². The topological polar surface area (TPSA) is 9.23 Å². The summed E-state index contributed by atoms with van der Waals surface area (Å²) in [6.07, 6.45) is 0. The molecular formula is C60H113BF12O. The van der Waals surface area contributed by atoms with E-state index in [1.807, 2.05) is 145 Å². The summed E-state index contributed by atoms with van der Waals surface area (Å²) in [4.78, 5) is 0. The molecule has 0 spiro atoms. The Kier molecular flexibility index (Phi) is 221. The zero-order valence-electron chi connectivity index (χ0n) is 42.2. The predicted octanol–water partition coefficient (Wildman–Crippen LogP) is 23.7. The summed E-state index contributed by atoms with van der Waals surface area (Å²) >= 11 is 0. The Morgan fingerprint density at radius 2 is 0.446 bits per heavy atom. The average molecular weight is 1090 g/mol. The Hall–Kier alpha value is -4.88. The van der Waals surface area contributed by atoms with Gasteiger partial charge in [0.1, 0.15) is 72.5 Å². The minimum absolute atomic E-state index is 0. The van der Waals surface area contributed by atoms with E-state index in [1.54, 1.807) is 55.6 Å². The fourth-order valence-corrected chi connectivity index (χ4v) is 2.82. The Morgan fingerprint density at radius 1 is 0.324 bits per heavy atom. The van der Waals surface area contributed by atoms with Gasteiger partial charge < -0.3 is 4.74 Å². The molecule has 14 heteroatoms. The Labute approximate surface area is 454 Å². The normalized spacial score (nSPS) is 6.82. The third-order valence-corrected chi connectivity index (χ3v) is 5.18. The molecule has 5 rings (SSSR count). The van der Waals surface area contributed by atoms with Gasteiger partial charge in [0.25, 0.3) is 0 Å². The number of hydrogen-bond donors (Lipinski definition) is 0. The summed E-state index contributed by atoms with van der Waals surface area (Å²) < 4.78 is 139. The van der Waals surface area contributed by atoms with Crippen LogP contribution in [0.1, 0.15) is 139 Å². The first-order chi connectivity index (χ1) is 32.8. The van der Waals surface area contributed by atoms with Gasteiger partial charge in [0.2, 0.25) is 0 Å². The van der Waals surface area contributed by atoms with Crippen LogP contribution in [0.2, 0.25) is 6.82 Å². The second-order valence-corrected chi connectivity index (χ2v) is 9.40. The molecule has 5 aromatic rings. The van der Waals surface area contributed by atoms with Crippen LogP contribution >= 0.6 is 0 Å². The molecule has 1 nitrogen and oxygen atoms in total. The number of halogens is 12. The van der Waals surface area contributed by atoms with Gasteiger partial charge in [-0.05, 0) is 41.3 Å². The third kappa shape index (κ3) is 127. The molecule has 0 saturated heterocycles. The van der Waals surface area contributed by atoms with Gasteiger partial charge in [-0.15, -0.1) is 0 Å². The van der Waals surface area contributed by atoms with Crippen molar-refractivity contribution >= 4 is 7.85 Å². The molecule has 0 bridgehead atoms. The predicted molar refractivity (Wildman–Crippen MR) is 319 cm³/mol. The summed E-state index contributed by atoms with van der Waals surface area (Å²) in [5.41, 5.74) is 2.97. The van der Waals surface area contributed by atoms with Crippen LogP contribution in [-0.2, 0) is 26.7 Å². The molecule has 0 aliphatic carbocycles. The van der Waals surface area contributed by atoms with E-state index >= 15 is 0 Å². The maximum atomic E-state index is 11.7. The lowest BCUT2D eigenvalue weighted by atomic mass is 10.2. The second-order valence-electron chi connectivity index (χ2n) is 9.40. The largest absolute Gasteiger partial charge is 0.497 e. The van der Waals surface area contributed by atoms with E-state index in [9.17, 15) is 52.7 Å². The lowest BCUT2D eigenvalue weighted by Crippen LogP contribution is -1.78. The smallest absolute Gasteiger partial charge is 0.118 e. The van der Waals surface area contributed by atoms with Crippen molar-refractivity contribution in [3.05, 3.63) is 174 Å². The lowest BCUT2D eigenvalue weighted by Gasteiger charge is -1.93. The fraction of sp³-hybridized carbons (Fsp3) is 0.500. The van der Waals surface area contributed by atoms with Crippen molar-refractivity contribution < 1.29 is 58.8 Å². The molecule has 5 aromatic carbocycles. The first-order valence-electron chi connectivity index (χ1n) is 21.7. The first kappa shape index (κ1) is 118. The molecule has 446 valence electrons. The molecule has 0 unspecified atom stereocenters. The Morgan fingerprint density at radius 3 is 0.514 bits per heavy atom. The quantitative estimate of drug-likeness (QED) is 0.111. The molecule has 0 saturated carbocycles. The van der Waals surface area contributed by atoms with Gasteiger partial charge in [-0.2, -0.15) is 0 Å². The van der Waals surface area contributed by atoms with Crippen LogP contribution in [0, 0.1) is 0 Å². The summed E-state index contributed by atoms with van der Waals surface area (Å²) in [7, 11) is 7.91. The maximum Gasteiger partial charge on any atom is 0.118 e. The van der Waals surface area contributed by atoms with Crippen molar-refractivity contribution in [3.8, 4) is 5.75 Å². The zero-order valence-corrected chi connectivity index (χ0v) is 41.2. The van der Waals surface area contributed by atoms with E-state index in [4.69, 9.17) is 6.11 Å². The summed E-state index contributed by atoms with van der Waals surface area (Å²) in [5, 5.41) is 0. The SMILES string of the molecule is C.C.C.C.C.C.C.C.CC.CC.CC.CCF.CF.COc1ccccc1.FCCF.FCCF.FCCF.FCc1ccccc1.FCc1ccccc1.FCc1ccccc1.FCc1ccccc1.[2H]C.[B]C. The molecule has 0 amide bonds. The van der Waals surface area contributed by atoms with Gasteiger partial charge in [0, 0.05) is 1.37 Å². The van der Waals surface area contributed by atoms with Crippen LogP contribution in [0.5, 0.6) is 5.75 Å². The van der Waals surface area contributed by atoms with Crippen LogP contribution in [0.3, 0.4) is 0 Å². The van der Waals surface area contributed by atoms with Crippen molar-refractivity contribution in [1.82, 2.24) is 0 Å². The maximum absolute atomic E-state index is 11.7. The lowest BCUT2D eigenvalue weighted by molar-refractivity contribution is 0.380. The minimum Gasteiger partial charge on any atom is -0.497 e. The molecule has 0 atom stereocenters. The molecule has 0 heterocycles. The molecule has 0 aliphatic heterocycles. The average Bonchev–Trinajstić information content (AvgIpc) is 3.46. The number of hydrogen-bond acceptors (Lipinski definition) is 1. The monoisotopic (exact) mass is 1090 g/mol. The first-order valence-corrected chi connectivity index (χ1v) is 20.7. The Balaban J connectivity index is -0.0000000297. The van der Waals surface area contributed by atoms with Crippen molar-refractivity contribution in [2.75, 3.05) is 61.0 Å². The van der Waals surface area contributed by atoms with Crippen molar-refractivity contribution in [1.29, 1.82) is 0 Å². The van der Waals surface area contributed by atoms with E-state index < -0.39 is 40.0 Å². The van der Waals surface area contributed by atoms with Crippen molar-refractivity contribution in [3.63, 3.8) is 0 Å². The minimum atomic E-state index is -0.847. The van der Waals surface area contributed by atoms with Crippen molar-refractivity contribution in [2.45, 2.75) is 149 Å². The summed E-state index contributed by atoms with van der Waals surface area (Å²) in [6.45, 7) is 8.18. The van der Waals surface area contributed by atoms with Crippen LogP contribution in [-0.4, -0.2) is 68.9 Å². The van der Waals surface area contributed by atoms with Crippen LogP contribution in [0.25, 0.3) is 0 Å². The number of ether oxygens (including phenoxy) is 1. The standard InChI is InChI=1S/4C7H7F.C7H8O.3C2H4F2.C2H5F.3C2H6.CH3B.CH3F.9CH4/c4*8-6-7-4-2-1-3-5-7;1-8-7-5-3-2-4-6-7;3*3-1-2-4;1-2-3;5*1-2;;;;;;;;;/h4*1-5H,6H2;2-6H,1H3;3*1-2H2;2H2,1H3;3*1-2H3;2*1H3;9*1H4/i;;;;;;;;;;;;;;1D;;;;;;;;. The zero-order chi connectivity index (χ0) is 54.0. The number of methoxy groups -OCH3 is 1. The number of alkyl halides is 12. The molecule has 0 aliphatic rings. The van der Waals surface area contributed by atoms with Crippen LogP contribution in [0.15, 0.2) is 152 Å². The Bertz CT molecular complexity index is 1100. The van der Waals surface area contributed by atoms with Gasteiger partial charge in [-0.3, -0.25) is 8.78 Å². The molecule has 74 heavy (non-hydrogen) atoms. The highest BCUT2D eigenvalue weighted by atomic mass is 19.2. The molecule has 2 radical (unpaired) electrons. The van der Waals surface area contributed by atoms with Gasteiger partial charge in [-0.1, -0.05) is 255 Å². The van der Waals surface area contributed by atoms with Crippen LogP contribution in [0.4, 0.5) is 52.7 Å². The summed E-state index contributed by atoms with van der Waals surface area (Å²) in [5.74, 6) is 0.910. The van der Waals surface area contributed by atoms with E-state index in [-0.39, 0.29) is 92.8 Å². The highest BCUT2D eigenvalue weighted by molar-refractivity contribution is 6.05. The number of para-hydroxylation sites is 1. The molecule has 0 N–H and O–H groups in total. The molecule has 0 aromatic heterocycles. The van der Waals surface area contributed by atoms with Crippen molar-refractivity contribution in [2.24, 2.45) is 0 Å². The molecular weight excluding hydrogens is 975 g/mol. The summed E-state index contributed by atoms with van der Waals surface area (Å²) in [6, 6.07) is 45.9. The number of benzene rings is 5.